The fraction of sp³-hybridized carbons (Fsp3) is 0.556. The SMILES string of the molecule is COC(=O)CCNCc1cc(C)no1. The van der Waals surface area contributed by atoms with E-state index in [1.807, 2.05) is 13.0 Å². The Bertz CT molecular complexity index is 296. The maximum Gasteiger partial charge on any atom is 0.306 e. The van der Waals surface area contributed by atoms with E-state index in [1.54, 1.807) is 0 Å². The lowest BCUT2D eigenvalue weighted by molar-refractivity contribution is -0.140. The van der Waals surface area contributed by atoms with Crippen LogP contribution in [0.25, 0.3) is 0 Å². The van der Waals surface area contributed by atoms with Gasteiger partial charge in [0, 0.05) is 12.6 Å². The molecule has 1 aromatic heterocycles. The van der Waals surface area contributed by atoms with Crippen molar-refractivity contribution in [1.82, 2.24) is 10.5 Å². The third-order valence-electron chi connectivity index (χ3n) is 1.71. The highest BCUT2D eigenvalue weighted by molar-refractivity contribution is 5.69. The molecule has 0 spiro atoms. The van der Waals surface area contributed by atoms with E-state index in [1.165, 1.54) is 7.11 Å². The Balaban J connectivity index is 2.13. The summed E-state index contributed by atoms with van der Waals surface area (Å²) in [7, 11) is 1.38. The van der Waals surface area contributed by atoms with Gasteiger partial charge in [-0.25, -0.2) is 0 Å². The van der Waals surface area contributed by atoms with Crippen molar-refractivity contribution in [2.24, 2.45) is 0 Å². The summed E-state index contributed by atoms with van der Waals surface area (Å²) in [5.74, 6) is 0.554. The van der Waals surface area contributed by atoms with Crippen LogP contribution in [0.15, 0.2) is 10.6 Å². The van der Waals surface area contributed by atoms with Gasteiger partial charge in [0.15, 0.2) is 5.76 Å². The number of carbonyl (C=O) groups excluding carboxylic acids is 1. The Labute approximate surface area is 82.4 Å². The van der Waals surface area contributed by atoms with Gasteiger partial charge in [0.25, 0.3) is 0 Å². The number of esters is 1. The monoisotopic (exact) mass is 198 g/mol. The second-order valence-corrected chi connectivity index (χ2v) is 2.94. The average Bonchev–Trinajstić information content (AvgIpc) is 2.58. The predicted molar refractivity (Wildman–Crippen MR) is 49.6 cm³/mol. The number of rotatable bonds is 5. The van der Waals surface area contributed by atoms with E-state index < -0.39 is 0 Å². The standard InChI is InChI=1S/C9H14N2O3/c1-7-5-8(14-11-7)6-10-4-3-9(12)13-2/h5,10H,3-4,6H2,1-2H3. The molecule has 0 aliphatic rings. The molecule has 0 fully saturated rings. The van der Waals surface area contributed by atoms with Crippen LogP contribution in [0.2, 0.25) is 0 Å². The summed E-state index contributed by atoms with van der Waals surface area (Å²) in [6.07, 6.45) is 0.365. The average molecular weight is 198 g/mol. The quantitative estimate of drug-likeness (QED) is 0.555. The van der Waals surface area contributed by atoms with Crippen LogP contribution in [0, 0.1) is 6.92 Å². The Morgan fingerprint density at radius 3 is 3.07 bits per heavy atom. The lowest BCUT2D eigenvalue weighted by atomic mass is 10.3. The molecular formula is C9H14N2O3. The van der Waals surface area contributed by atoms with Crippen LogP contribution in [0.1, 0.15) is 17.9 Å². The molecule has 0 radical (unpaired) electrons. The van der Waals surface area contributed by atoms with Crippen molar-refractivity contribution < 1.29 is 14.1 Å². The smallest absolute Gasteiger partial charge is 0.306 e. The van der Waals surface area contributed by atoms with E-state index in [0.717, 1.165) is 11.5 Å². The van der Waals surface area contributed by atoms with Crippen molar-refractivity contribution in [2.45, 2.75) is 19.9 Å². The molecule has 78 valence electrons. The number of aromatic nitrogens is 1. The zero-order valence-corrected chi connectivity index (χ0v) is 8.37. The summed E-state index contributed by atoms with van der Waals surface area (Å²) in [5, 5.41) is 6.79. The summed E-state index contributed by atoms with van der Waals surface area (Å²) in [6.45, 7) is 3.02. The summed E-state index contributed by atoms with van der Waals surface area (Å²) < 4.78 is 9.46. The fourth-order valence-corrected chi connectivity index (χ4v) is 1.00. The number of carbonyl (C=O) groups is 1. The number of nitrogens with zero attached hydrogens (tertiary/aromatic N) is 1. The van der Waals surface area contributed by atoms with Crippen LogP contribution >= 0.6 is 0 Å². The lowest BCUT2D eigenvalue weighted by Crippen LogP contribution is -2.18. The molecule has 0 saturated carbocycles. The molecule has 1 aromatic rings. The highest BCUT2D eigenvalue weighted by Crippen LogP contribution is 2.00. The number of ether oxygens (including phenoxy) is 1. The number of aryl methyl sites for hydroxylation is 1. The Morgan fingerprint density at radius 1 is 1.71 bits per heavy atom. The number of methoxy groups -OCH3 is 1. The molecule has 0 saturated heterocycles. The molecule has 0 aromatic carbocycles. The molecule has 5 nitrogen and oxygen atoms in total. The van der Waals surface area contributed by atoms with E-state index >= 15 is 0 Å². The first-order valence-corrected chi connectivity index (χ1v) is 4.42. The molecule has 5 heteroatoms. The van der Waals surface area contributed by atoms with Crippen molar-refractivity contribution in [3.8, 4) is 0 Å². The van der Waals surface area contributed by atoms with E-state index in [-0.39, 0.29) is 5.97 Å². The van der Waals surface area contributed by atoms with Crippen LogP contribution in [0.3, 0.4) is 0 Å². The van der Waals surface area contributed by atoms with Crippen molar-refractivity contribution in [1.29, 1.82) is 0 Å². The van der Waals surface area contributed by atoms with Crippen LogP contribution in [-0.4, -0.2) is 24.8 Å². The molecule has 1 heterocycles. The Morgan fingerprint density at radius 2 is 2.50 bits per heavy atom. The molecule has 0 unspecified atom stereocenters. The van der Waals surface area contributed by atoms with Crippen LogP contribution in [-0.2, 0) is 16.1 Å². The van der Waals surface area contributed by atoms with Gasteiger partial charge in [0.05, 0.1) is 25.8 Å². The first-order chi connectivity index (χ1) is 6.72. The number of nitrogens with one attached hydrogen (secondary N) is 1. The Kier molecular flexibility index (Phi) is 4.12. The molecule has 1 N–H and O–H groups in total. The summed E-state index contributed by atoms with van der Waals surface area (Å²) in [4.78, 5) is 10.7. The minimum atomic E-state index is -0.216. The minimum absolute atomic E-state index is 0.216. The van der Waals surface area contributed by atoms with Gasteiger partial charge >= 0.3 is 5.97 Å². The normalized spacial score (nSPS) is 10.1. The third-order valence-corrected chi connectivity index (χ3v) is 1.71. The third kappa shape index (κ3) is 3.57. The summed E-state index contributed by atoms with van der Waals surface area (Å²) >= 11 is 0. The Hall–Kier alpha value is -1.36. The second-order valence-electron chi connectivity index (χ2n) is 2.94. The molecule has 1 rings (SSSR count). The van der Waals surface area contributed by atoms with E-state index in [0.29, 0.717) is 19.5 Å². The topological polar surface area (TPSA) is 64.4 Å². The van der Waals surface area contributed by atoms with Gasteiger partial charge in [0.1, 0.15) is 0 Å². The minimum Gasteiger partial charge on any atom is -0.469 e. The van der Waals surface area contributed by atoms with Crippen LogP contribution in [0.4, 0.5) is 0 Å². The van der Waals surface area contributed by atoms with Crippen molar-refractivity contribution in [3.63, 3.8) is 0 Å². The van der Waals surface area contributed by atoms with Gasteiger partial charge in [-0.05, 0) is 6.92 Å². The van der Waals surface area contributed by atoms with E-state index in [2.05, 4.69) is 15.2 Å². The zero-order chi connectivity index (χ0) is 10.4. The van der Waals surface area contributed by atoms with Crippen molar-refractivity contribution in [3.05, 3.63) is 17.5 Å². The van der Waals surface area contributed by atoms with Crippen LogP contribution in [0.5, 0.6) is 0 Å². The largest absolute Gasteiger partial charge is 0.469 e. The molecule has 0 bridgehead atoms. The predicted octanol–water partition coefficient (Wildman–Crippen LogP) is 0.636. The maximum absolute atomic E-state index is 10.7. The first kappa shape index (κ1) is 10.7. The van der Waals surface area contributed by atoms with Crippen molar-refractivity contribution in [2.75, 3.05) is 13.7 Å². The maximum atomic E-state index is 10.7. The molecule has 0 atom stereocenters. The van der Waals surface area contributed by atoms with Gasteiger partial charge in [0.2, 0.25) is 0 Å². The number of hydrogen-bond acceptors (Lipinski definition) is 5. The summed E-state index contributed by atoms with van der Waals surface area (Å²) in [6, 6.07) is 1.85. The molecule has 0 aliphatic carbocycles. The number of hydrogen-bond donors (Lipinski definition) is 1. The van der Waals surface area contributed by atoms with E-state index in [4.69, 9.17) is 4.52 Å². The molecule has 0 amide bonds. The second kappa shape index (κ2) is 5.39. The van der Waals surface area contributed by atoms with Gasteiger partial charge in [-0.1, -0.05) is 5.16 Å². The van der Waals surface area contributed by atoms with Gasteiger partial charge in [-0.15, -0.1) is 0 Å². The summed E-state index contributed by atoms with van der Waals surface area (Å²) in [5.41, 5.74) is 0.856. The molecular weight excluding hydrogens is 184 g/mol. The first-order valence-electron chi connectivity index (χ1n) is 4.42. The van der Waals surface area contributed by atoms with Crippen LogP contribution < -0.4 is 5.32 Å². The van der Waals surface area contributed by atoms with Gasteiger partial charge in [-0.2, -0.15) is 0 Å². The zero-order valence-electron chi connectivity index (χ0n) is 8.37. The lowest BCUT2D eigenvalue weighted by Gasteiger charge is -2.00. The highest BCUT2D eigenvalue weighted by Gasteiger charge is 2.01. The van der Waals surface area contributed by atoms with Gasteiger partial charge in [-0.3, -0.25) is 4.79 Å². The molecule has 0 aliphatic heterocycles. The fourth-order valence-electron chi connectivity index (χ4n) is 1.00. The van der Waals surface area contributed by atoms with Crippen molar-refractivity contribution >= 4 is 5.97 Å². The highest BCUT2D eigenvalue weighted by atomic mass is 16.5. The van der Waals surface area contributed by atoms with E-state index in [9.17, 15) is 4.79 Å². The van der Waals surface area contributed by atoms with Gasteiger partial charge < -0.3 is 14.6 Å². The molecule has 14 heavy (non-hydrogen) atoms.